The number of benzene rings is 1. The highest BCUT2D eigenvalue weighted by Crippen LogP contribution is 2.29. The second-order valence-corrected chi connectivity index (χ2v) is 8.71. The van der Waals surface area contributed by atoms with E-state index in [4.69, 9.17) is 4.98 Å². The molecule has 2 N–H and O–H groups in total. The number of fused-ring (bicyclic) bond motifs is 2. The van der Waals surface area contributed by atoms with Crippen LogP contribution < -0.4 is 5.32 Å². The first kappa shape index (κ1) is 22.3. The van der Waals surface area contributed by atoms with Crippen LogP contribution in [0.25, 0.3) is 33.5 Å². The first-order valence-electron chi connectivity index (χ1n) is 11.4. The van der Waals surface area contributed by atoms with E-state index in [2.05, 4.69) is 43.4 Å². The third-order valence-electron chi connectivity index (χ3n) is 6.27. The van der Waals surface area contributed by atoms with Crippen molar-refractivity contribution >= 4 is 28.1 Å². The highest BCUT2D eigenvalue weighted by molar-refractivity contribution is 5.76. The highest BCUT2D eigenvalue weighted by atomic mass is 19.3. The number of nitrogens with zero attached hydrogens (tertiary/aromatic N) is 7. The number of hydrogen-bond acceptors (Lipinski definition) is 6. The number of imidazole rings is 2. The summed E-state index contributed by atoms with van der Waals surface area (Å²) in [5.41, 5.74) is 4.38. The molecule has 0 fully saturated rings. The number of halogens is 3. The van der Waals surface area contributed by atoms with Crippen LogP contribution in [0, 0.1) is 5.82 Å². The molecule has 36 heavy (non-hydrogen) atoms. The quantitative estimate of drug-likeness (QED) is 0.366. The van der Waals surface area contributed by atoms with Gasteiger partial charge in [0.15, 0.2) is 17.3 Å². The minimum Gasteiger partial charge on any atom is -0.360 e. The van der Waals surface area contributed by atoms with Gasteiger partial charge >= 0.3 is 6.55 Å². The second-order valence-electron chi connectivity index (χ2n) is 8.71. The van der Waals surface area contributed by atoms with Crippen molar-refractivity contribution in [3.8, 4) is 11.3 Å². The summed E-state index contributed by atoms with van der Waals surface area (Å²) in [6, 6.07) is 4.75. The molecule has 0 unspecified atom stereocenters. The van der Waals surface area contributed by atoms with Gasteiger partial charge in [0.1, 0.15) is 11.3 Å². The molecule has 4 aromatic heterocycles. The summed E-state index contributed by atoms with van der Waals surface area (Å²) in [7, 11) is 2.06. The fourth-order valence-corrected chi connectivity index (χ4v) is 4.35. The van der Waals surface area contributed by atoms with Crippen LogP contribution in [0.4, 0.5) is 19.0 Å². The summed E-state index contributed by atoms with van der Waals surface area (Å²) in [5, 5.41) is 7.03. The Balaban J connectivity index is 1.41. The molecule has 6 rings (SSSR count). The Morgan fingerprint density at radius 3 is 2.81 bits per heavy atom. The van der Waals surface area contributed by atoms with Crippen LogP contribution in [0.2, 0.25) is 0 Å². The van der Waals surface area contributed by atoms with Crippen LogP contribution in [-0.4, -0.2) is 59.2 Å². The Labute approximate surface area is 203 Å². The Kier molecular flexibility index (Phi) is 5.44. The molecule has 1 aromatic carbocycles. The molecule has 0 aliphatic carbocycles. The fourth-order valence-electron chi connectivity index (χ4n) is 4.35. The van der Waals surface area contributed by atoms with Gasteiger partial charge in [0, 0.05) is 31.0 Å². The smallest absolute Gasteiger partial charge is 0.333 e. The normalized spacial score (nSPS) is 14.8. The first-order chi connectivity index (χ1) is 17.5. The molecule has 0 radical (unpaired) electrons. The molecule has 0 amide bonds. The largest absolute Gasteiger partial charge is 0.360 e. The zero-order valence-corrected chi connectivity index (χ0v) is 19.3. The molecule has 0 saturated heterocycles. The van der Waals surface area contributed by atoms with Gasteiger partial charge in [-0.05, 0) is 31.2 Å². The average molecular weight is 493 g/mol. The van der Waals surface area contributed by atoms with Crippen LogP contribution in [0.5, 0.6) is 0 Å². The lowest BCUT2D eigenvalue weighted by molar-refractivity contribution is 0.0566. The number of H-pyrrole nitrogens is 1. The van der Waals surface area contributed by atoms with Gasteiger partial charge in [-0.1, -0.05) is 12.1 Å². The third kappa shape index (κ3) is 3.98. The molecule has 1 aliphatic heterocycles. The lowest BCUT2D eigenvalue weighted by Gasteiger charge is -2.22. The maximum absolute atomic E-state index is 14.1. The Hall–Kier alpha value is -4.19. The van der Waals surface area contributed by atoms with Gasteiger partial charge in [0.05, 0.1) is 35.8 Å². The SMILES string of the molecule is CN1CC=C(c2cn3c(-c4cnn(C(F)F)c4)cnc3c(NCc3nc4c(F)cccc4[nH]3)n2)CC1. The summed E-state index contributed by atoms with van der Waals surface area (Å²) in [4.78, 5) is 19.0. The topological polar surface area (TPSA) is 92.0 Å². The first-order valence-corrected chi connectivity index (χ1v) is 11.4. The molecular weight excluding hydrogens is 471 g/mol. The number of hydrogen-bond donors (Lipinski definition) is 2. The van der Waals surface area contributed by atoms with E-state index in [9.17, 15) is 13.2 Å². The van der Waals surface area contributed by atoms with Crippen LogP contribution in [0.15, 0.2) is 49.1 Å². The van der Waals surface area contributed by atoms with Crippen molar-refractivity contribution in [3.63, 3.8) is 0 Å². The van der Waals surface area contributed by atoms with Crippen molar-refractivity contribution in [1.29, 1.82) is 0 Å². The number of aromatic nitrogens is 7. The summed E-state index contributed by atoms with van der Waals surface area (Å²) >= 11 is 0. The zero-order chi connectivity index (χ0) is 24.8. The Morgan fingerprint density at radius 2 is 2.06 bits per heavy atom. The van der Waals surface area contributed by atoms with Crippen LogP contribution in [0.1, 0.15) is 24.5 Å². The second kappa shape index (κ2) is 8.79. The van der Waals surface area contributed by atoms with Gasteiger partial charge < -0.3 is 15.2 Å². The molecule has 5 aromatic rings. The van der Waals surface area contributed by atoms with E-state index in [0.717, 1.165) is 30.8 Å². The molecule has 0 spiro atoms. The zero-order valence-electron chi connectivity index (χ0n) is 19.3. The standard InChI is InChI=1S/C24H22F3N9/c1-34-7-5-14(6-8-34)18-13-35-19(15-9-30-36(12-15)24(26)27)10-29-23(35)22(32-18)28-11-20-31-17-4-2-3-16(25)21(17)33-20/h2-5,9-10,12-13,24H,6-8,11H2,1H3,(H,28,32)(H,31,33). The number of nitrogens with one attached hydrogen (secondary N) is 2. The van der Waals surface area contributed by atoms with Gasteiger partial charge in [-0.3, -0.25) is 4.40 Å². The summed E-state index contributed by atoms with van der Waals surface area (Å²) in [6.45, 7) is -0.768. The molecule has 5 heterocycles. The molecular formula is C24H22F3N9. The van der Waals surface area contributed by atoms with E-state index in [1.165, 1.54) is 18.5 Å². The maximum Gasteiger partial charge on any atom is 0.333 e. The third-order valence-corrected chi connectivity index (χ3v) is 6.27. The Bertz CT molecular complexity index is 1600. The van der Waals surface area contributed by atoms with Crippen LogP contribution in [0.3, 0.4) is 0 Å². The summed E-state index contributed by atoms with van der Waals surface area (Å²) < 4.78 is 42.7. The molecule has 1 aliphatic rings. The van der Waals surface area contributed by atoms with Gasteiger partial charge in [0.2, 0.25) is 0 Å². The van der Waals surface area contributed by atoms with E-state index < -0.39 is 12.4 Å². The minimum atomic E-state index is -2.73. The van der Waals surface area contributed by atoms with Crippen LogP contribution in [-0.2, 0) is 6.54 Å². The lowest BCUT2D eigenvalue weighted by Crippen LogP contribution is -2.24. The number of rotatable bonds is 6. The molecule has 9 nitrogen and oxygen atoms in total. The molecule has 184 valence electrons. The van der Waals surface area contributed by atoms with E-state index in [1.807, 2.05) is 10.6 Å². The summed E-state index contributed by atoms with van der Waals surface area (Å²) in [6.07, 6.45) is 9.12. The van der Waals surface area contributed by atoms with Crippen molar-refractivity contribution in [2.75, 3.05) is 25.5 Å². The predicted molar refractivity (Wildman–Crippen MR) is 129 cm³/mol. The van der Waals surface area contributed by atoms with Crippen molar-refractivity contribution < 1.29 is 13.2 Å². The fraction of sp³-hybridized carbons (Fsp3) is 0.250. The molecule has 0 bridgehead atoms. The predicted octanol–water partition coefficient (Wildman–Crippen LogP) is 4.33. The van der Waals surface area contributed by atoms with E-state index >= 15 is 0 Å². The Morgan fingerprint density at radius 1 is 1.17 bits per heavy atom. The number of alkyl halides is 2. The van der Waals surface area contributed by atoms with Gasteiger partial charge in [-0.2, -0.15) is 13.9 Å². The van der Waals surface area contributed by atoms with Gasteiger partial charge in [-0.25, -0.2) is 24.0 Å². The van der Waals surface area contributed by atoms with Crippen molar-refractivity contribution in [3.05, 3.63) is 66.4 Å². The average Bonchev–Trinajstić information content (AvgIpc) is 3.61. The number of likely N-dealkylation sites (N-methyl/N-ethyl adjacent to an activating group) is 1. The van der Waals surface area contributed by atoms with Crippen LogP contribution >= 0.6 is 0 Å². The van der Waals surface area contributed by atoms with Crippen molar-refractivity contribution in [2.24, 2.45) is 0 Å². The molecule has 0 atom stereocenters. The highest BCUT2D eigenvalue weighted by Gasteiger charge is 2.19. The molecule has 0 saturated carbocycles. The van der Waals surface area contributed by atoms with Gasteiger partial charge in [0.25, 0.3) is 0 Å². The number of para-hydroxylation sites is 1. The minimum absolute atomic E-state index is 0.257. The lowest BCUT2D eigenvalue weighted by atomic mass is 10.1. The van der Waals surface area contributed by atoms with E-state index in [-0.39, 0.29) is 12.1 Å². The monoisotopic (exact) mass is 493 g/mol. The summed E-state index contributed by atoms with van der Waals surface area (Å²) in [5.74, 6) is 0.652. The van der Waals surface area contributed by atoms with Crippen molar-refractivity contribution in [1.82, 2.24) is 39.0 Å². The number of anilines is 1. The van der Waals surface area contributed by atoms with Crippen molar-refractivity contribution in [2.45, 2.75) is 19.5 Å². The maximum atomic E-state index is 14.1. The van der Waals surface area contributed by atoms with E-state index in [1.54, 1.807) is 18.3 Å². The molecule has 12 heteroatoms. The van der Waals surface area contributed by atoms with E-state index in [0.29, 0.717) is 38.7 Å². The number of aromatic amines is 1. The van der Waals surface area contributed by atoms with Gasteiger partial charge in [-0.15, -0.1) is 0 Å².